The van der Waals surface area contributed by atoms with Crippen LogP contribution in [0.15, 0.2) is 16.7 Å². The van der Waals surface area contributed by atoms with Crippen LogP contribution in [0.5, 0.6) is 0 Å². The molecule has 2 amide bonds. The number of hydrogen-bond donors (Lipinski definition) is 3. The first-order valence-corrected chi connectivity index (χ1v) is 13.3. The van der Waals surface area contributed by atoms with Gasteiger partial charge in [0, 0.05) is 18.2 Å². The van der Waals surface area contributed by atoms with Gasteiger partial charge < -0.3 is 30.1 Å². The minimum absolute atomic E-state index is 0.0178. The van der Waals surface area contributed by atoms with Crippen LogP contribution >= 0.6 is 23.1 Å². The number of thiazole rings is 1. The molecule has 0 bridgehead atoms. The van der Waals surface area contributed by atoms with E-state index in [9.17, 15) is 19.2 Å². The van der Waals surface area contributed by atoms with Gasteiger partial charge in [-0.05, 0) is 33.3 Å². The van der Waals surface area contributed by atoms with Gasteiger partial charge in [-0.1, -0.05) is 0 Å². The van der Waals surface area contributed by atoms with E-state index in [2.05, 4.69) is 15.8 Å². The van der Waals surface area contributed by atoms with Crippen LogP contribution in [-0.4, -0.2) is 77.9 Å². The summed E-state index contributed by atoms with van der Waals surface area (Å²) in [6, 6.07) is -1.89. The molecular formula is C22H31N5O8S2. The number of hydrogen-bond acceptors (Lipinski definition) is 13. The number of nitrogens with two attached hydrogens (primary N) is 1. The number of ether oxygens (including phenoxy) is 3. The van der Waals surface area contributed by atoms with Crippen LogP contribution in [0.25, 0.3) is 0 Å². The Bertz CT molecular complexity index is 1070. The fourth-order valence-electron chi connectivity index (χ4n) is 3.46. The number of methoxy groups -OCH3 is 1. The number of carbonyl (C=O) groups is 4. The number of hydroxylamine groups is 1. The summed E-state index contributed by atoms with van der Waals surface area (Å²) in [4.78, 5) is 61.7. The summed E-state index contributed by atoms with van der Waals surface area (Å²) in [5.41, 5.74) is 8.49. The third kappa shape index (κ3) is 6.59. The molecular weight excluding hydrogens is 526 g/mol. The highest BCUT2D eigenvalue weighted by Gasteiger charge is 2.55. The monoisotopic (exact) mass is 557 g/mol. The molecule has 37 heavy (non-hydrogen) atoms. The molecule has 0 spiro atoms. The normalized spacial score (nSPS) is 20.1. The van der Waals surface area contributed by atoms with Gasteiger partial charge in [-0.15, -0.1) is 23.1 Å². The predicted octanol–water partition coefficient (Wildman–Crippen LogP) is 0.698. The van der Waals surface area contributed by atoms with Crippen molar-refractivity contribution in [3.05, 3.63) is 22.3 Å². The Labute approximate surface area is 222 Å². The van der Waals surface area contributed by atoms with Crippen LogP contribution < -0.4 is 16.5 Å². The van der Waals surface area contributed by atoms with Crippen molar-refractivity contribution in [2.45, 2.75) is 45.2 Å². The maximum absolute atomic E-state index is 13.1. The van der Waals surface area contributed by atoms with Crippen LogP contribution in [-0.2, 0) is 38.2 Å². The number of carbonyl (C=O) groups excluding carboxylic acids is 4. The minimum atomic E-state index is -0.995. The van der Waals surface area contributed by atoms with Crippen molar-refractivity contribution in [3.63, 3.8) is 0 Å². The number of nitrogens with zero attached hydrogens (tertiary/aromatic N) is 2. The zero-order valence-corrected chi connectivity index (χ0v) is 22.8. The third-order valence-corrected chi connectivity index (χ3v) is 7.32. The molecule has 3 heterocycles. The first-order valence-electron chi connectivity index (χ1n) is 11.4. The average molecular weight is 558 g/mol. The fraction of sp³-hybridized carbons (Fsp3) is 0.591. The summed E-state index contributed by atoms with van der Waals surface area (Å²) < 4.78 is 15.4. The van der Waals surface area contributed by atoms with E-state index >= 15 is 0 Å². The number of anilines is 1. The molecule has 0 saturated carbocycles. The van der Waals surface area contributed by atoms with E-state index in [1.807, 2.05) is 0 Å². The molecule has 1 saturated heterocycles. The lowest BCUT2D eigenvalue weighted by molar-refractivity contribution is -0.173. The van der Waals surface area contributed by atoms with Crippen molar-refractivity contribution in [1.29, 1.82) is 0 Å². The number of nitrogen functional groups attached to an aromatic ring is 1. The largest absolute Gasteiger partial charge is 0.427 e. The molecule has 3 atom stereocenters. The number of amides is 2. The number of fused-ring (bicyclic) bond motifs is 1. The zero-order valence-electron chi connectivity index (χ0n) is 21.2. The topological polar surface area (TPSA) is 171 Å². The van der Waals surface area contributed by atoms with Gasteiger partial charge in [0.1, 0.15) is 17.1 Å². The summed E-state index contributed by atoms with van der Waals surface area (Å²) in [5, 5.41) is 4.07. The van der Waals surface area contributed by atoms with Crippen LogP contribution in [0.3, 0.4) is 0 Å². The van der Waals surface area contributed by atoms with Gasteiger partial charge in [0.15, 0.2) is 11.2 Å². The van der Waals surface area contributed by atoms with E-state index in [4.69, 9.17) is 24.8 Å². The molecule has 13 nitrogen and oxygen atoms in total. The summed E-state index contributed by atoms with van der Waals surface area (Å²) in [6.07, 6.45) is 0. The Balaban J connectivity index is 1.71. The molecule has 1 aromatic heterocycles. The zero-order chi connectivity index (χ0) is 27.3. The van der Waals surface area contributed by atoms with Gasteiger partial charge in [0.25, 0.3) is 5.91 Å². The maximum atomic E-state index is 13.1. The molecule has 1 fully saturated rings. The lowest BCUT2D eigenvalue weighted by Crippen LogP contribution is -2.71. The summed E-state index contributed by atoms with van der Waals surface area (Å²) in [6.45, 7) is 6.55. The molecule has 1 aromatic rings. The maximum Gasteiger partial charge on any atom is 0.358 e. The van der Waals surface area contributed by atoms with Gasteiger partial charge >= 0.3 is 11.9 Å². The van der Waals surface area contributed by atoms with E-state index in [-0.39, 0.29) is 17.4 Å². The smallest absolute Gasteiger partial charge is 0.358 e. The number of β-lactam (4-membered cyclic amide) rings is 1. The molecule has 15 heteroatoms. The first-order chi connectivity index (χ1) is 17.5. The van der Waals surface area contributed by atoms with Crippen LogP contribution in [0.4, 0.5) is 5.13 Å². The highest BCUT2D eigenvalue weighted by atomic mass is 32.2. The number of thioether (sulfide) groups is 1. The summed E-state index contributed by atoms with van der Waals surface area (Å²) >= 11 is 2.54. The summed E-state index contributed by atoms with van der Waals surface area (Å²) in [7, 11) is 1.47. The number of aromatic nitrogens is 1. The Morgan fingerprint density at radius 2 is 2.03 bits per heavy atom. The molecule has 2 unspecified atom stereocenters. The standard InChI is InChI=1S/C22H31N5O8S2/c1-6-35-26-13(12-9-37-21(23)24-12)16(28)25-14-17(29)27-15(11(7-32-5)8-36-18(14)27)19(30)33-10-34-20(31)22(2,3)4/h9,13-14,18,26H,6-8,10H2,1-5H3,(H2,23,24)(H,25,28)/t13?,14?,18-/m1/s1. The van der Waals surface area contributed by atoms with Crippen LogP contribution in [0.1, 0.15) is 39.4 Å². The number of nitrogens with one attached hydrogen (secondary N) is 2. The highest BCUT2D eigenvalue weighted by Crippen LogP contribution is 2.41. The Kier molecular flexibility index (Phi) is 9.52. The second-order valence-electron chi connectivity index (χ2n) is 9.11. The van der Waals surface area contributed by atoms with Crippen molar-refractivity contribution in [1.82, 2.24) is 20.7 Å². The predicted molar refractivity (Wildman–Crippen MR) is 134 cm³/mol. The van der Waals surface area contributed by atoms with Crippen molar-refractivity contribution in [3.8, 4) is 0 Å². The Hall–Kier alpha value is -2.72. The second kappa shape index (κ2) is 12.2. The van der Waals surface area contributed by atoms with Crippen LogP contribution in [0.2, 0.25) is 0 Å². The third-order valence-electron chi connectivity index (χ3n) is 5.29. The SMILES string of the molecule is CCONC(C(=O)NC1C(=O)N2C(C(=O)OCOC(=O)C(C)(C)C)=C(COC)CS[C@H]12)c1csc(N)n1. The molecule has 2 aliphatic rings. The highest BCUT2D eigenvalue weighted by molar-refractivity contribution is 8.00. The molecule has 0 aromatic carbocycles. The average Bonchev–Trinajstić information content (AvgIpc) is 3.27. The van der Waals surface area contributed by atoms with Gasteiger partial charge in [-0.2, -0.15) is 5.48 Å². The van der Waals surface area contributed by atoms with Gasteiger partial charge in [-0.3, -0.25) is 19.3 Å². The summed E-state index contributed by atoms with van der Waals surface area (Å²) in [5.74, 6) is -2.04. The molecule has 2 aliphatic heterocycles. The van der Waals surface area contributed by atoms with E-state index in [0.29, 0.717) is 23.6 Å². The van der Waals surface area contributed by atoms with Crippen molar-refractivity contribution in [2.75, 3.05) is 38.6 Å². The Morgan fingerprint density at radius 1 is 1.30 bits per heavy atom. The van der Waals surface area contributed by atoms with Gasteiger partial charge in [0.05, 0.1) is 24.3 Å². The van der Waals surface area contributed by atoms with E-state index in [0.717, 1.165) is 0 Å². The molecule has 3 rings (SSSR count). The van der Waals surface area contributed by atoms with E-state index in [1.165, 1.54) is 35.1 Å². The Morgan fingerprint density at radius 3 is 2.62 bits per heavy atom. The van der Waals surface area contributed by atoms with Gasteiger partial charge in [0.2, 0.25) is 12.7 Å². The van der Waals surface area contributed by atoms with Crippen molar-refractivity contribution < 1.29 is 38.2 Å². The molecule has 0 radical (unpaired) electrons. The molecule has 0 aliphatic carbocycles. The van der Waals surface area contributed by atoms with Gasteiger partial charge in [-0.25, -0.2) is 9.78 Å². The molecule has 204 valence electrons. The van der Waals surface area contributed by atoms with E-state index < -0.39 is 53.4 Å². The fourth-order valence-corrected chi connectivity index (χ4v) is 5.38. The van der Waals surface area contributed by atoms with Crippen molar-refractivity contribution >= 4 is 52.0 Å². The van der Waals surface area contributed by atoms with Crippen molar-refractivity contribution in [2.24, 2.45) is 5.41 Å². The number of esters is 2. The quantitative estimate of drug-likeness (QED) is 0.151. The van der Waals surface area contributed by atoms with Crippen LogP contribution in [0, 0.1) is 5.41 Å². The second-order valence-corrected chi connectivity index (χ2v) is 11.1. The number of rotatable bonds is 11. The molecule has 4 N–H and O–H groups in total. The lowest BCUT2D eigenvalue weighted by Gasteiger charge is -2.49. The minimum Gasteiger partial charge on any atom is -0.427 e. The van der Waals surface area contributed by atoms with E-state index in [1.54, 1.807) is 33.1 Å². The lowest BCUT2D eigenvalue weighted by atomic mass is 9.98. The first kappa shape index (κ1) is 28.8.